The van der Waals surface area contributed by atoms with Gasteiger partial charge in [-0.3, -0.25) is 4.90 Å². The van der Waals surface area contributed by atoms with Gasteiger partial charge in [0.05, 0.1) is 18.3 Å². The zero-order chi connectivity index (χ0) is 12.1. The topological polar surface area (TPSA) is 52.9 Å². The summed E-state index contributed by atoms with van der Waals surface area (Å²) in [6.07, 6.45) is 0.837. The molecule has 2 N–H and O–H groups in total. The van der Waals surface area contributed by atoms with Crippen LogP contribution in [0.4, 0.5) is 0 Å². The third-order valence-electron chi connectivity index (χ3n) is 3.39. The lowest BCUT2D eigenvalue weighted by Crippen LogP contribution is -2.47. The maximum absolute atomic E-state index is 10.2. The van der Waals surface area contributed by atoms with Crippen molar-refractivity contribution in [2.24, 2.45) is 0 Å². The van der Waals surface area contributed by atoms with Gasteiger partial charge < -0.3 is 14.9 Å². The summed E-state index contributed by atoms with van der Waals surface area (Å²) < 4.78 is 5.43. The Morgan fingerprint density at radius 2 is 2.12 bits per heavy atom. The van der Waals surface area contributed by atoms with Crippen LogP contribution in [0.15, 0.2) is 0 Å². The van der Waals surface area contributed by atoms with E-state index in [0.29, 0.717) is 13.2 Å². The van der Waals surface area contributed by atoms with Crippen molar-refractivity contribution in [1.82, 2.24) is 4.90 Å². The van der Waals surface area contributed by atoms with Crippen molar-refractivity contribution >= 4 is 0 Å². The lowest BCUT2D eigenvalue weighted by molar-refractivity contribution is -0.0614. The first kappa shape index (κ1) is 13.9. The van der Waals surface area contributed by atoms with E-state index < -0.39 is 6.10 Å². The van der Waals surface area contributed by atoms with Crippen LogP contribution in [0.3, 0.4) is 0 Å². The molecule has 1 fully saturated rings. The van der Waals surface area contributed by atoms with E-state index in [0.717, 1.165) is 19.4 Å². The smallest absolute Gasteiger partial charge is 0.0953 e. The molecule has 0 bridgehead atoms. The summed E-state index contributed by atoms with van der Waals surface area (Å²) in [5.74, 6) is 0. The second-order valence-electron chi connectivity index (χ2n) is 4.56. The molecule has 0 amide bonds. The number of ether oxygens (including phenoxy) is 1. The normalized spacial score (nSPS) is 27.9. The molecule has 0 aliphatic carbocycles. The lowest BCUT2D eigenvalue weighted by Gasteiger charge is -2.33. The van der Waals surface area contributed by atoms with Crippen LogP contribution in [0.25, 0.3) is 0 Å². The molecule has 1 aliphatic heterocycles. The molecule has 0 aromatic carbocycles. The van der Waals surface area contributed by atoms with Crippen molar-refractivity contribution in [3.8, 4) is 0 Å². The highest BCUT2D eigenvalue weighted by Crippen LogP contribution is 2.19. The third-order valence-corrected chi connectivity index (χ3v) is 3.39. The maximum atomic E-state index is 10.2. The van der Waals surface area contributed by atoms with Gasteiger partial charge in [-0.15, -0.1) is 0 Å². The summed E-state index contributed by atoms with van der Waals surface area (Å²) in [7, 11) is 0. The van der Waals surface area contributed by atoms with Crippen LogP contribution in [0.2, 0.25) is 0 Å². The molecule has 0 radical (unpaired) electrons. The molecule has 1 saturated heterocycles. The Labute approximate surface area is 98.2 Å². The number of aliphatic hydroxyl groups excluding tert-OH is 2. The molecule has 1 heterocycles. The minimum absolute atomic E-state index is 0.0960. The Hall–Kier alpha value is -0.160. The second kappa shape index (κ2) is 6.55. The number of hydrogen-bond donors (Lipinski definition) is 2. The highest BCUT2D eigenvalue weighted by atomic mass is 16.5. The molecule has 4 nitrogen and oxygen atoms in total. The average molecular weight is 231 g/mol. The third kappa shape index (κ3) is 3.42. The summed E-state index contributed by atoms with van der Waals surface area (Å²) in [5.41, 5.74) is 0. The van der Waals surface area contributed by atoms with Gasteiger partial charge in [-0.25, -0.2) is 0 Å². The SMILES string of the molecule is CCO[C@@H](C)C(O)C(CC)N1CC[C@@H](O)C1. The summed E-state index contributed by atoms with van der Waals surface area (Å²) in [5, 5.41) is 19.7. The summed E-state index contributed by atoms with van der Waals surface area (Å²) in [6.45, 7) is 8.08. The molecule has 16 heavy (non-hydrogen) atoms. The van der Waals surface area contributed by atoms with Crippen molar-refractivity contribution in [3.05, 3.63) is 0 Å². The predicted molar refractivity (Wildman–Crippen MR) is 63.4 cm³/mol. The Kier molecular flexibility index (Phi) is 5.69. The molecule has 1 aliphatic rings. The van der Waals surface area contributed by atoms with Gasteiger partial charge in [0.25, 0.3) is 0 Å². The van der Waals surface area contributed by atoms with Crippen LogP contribution in [-0.2, 0) is 4.74 Å². The van der Waals surface area contributed by atoms with Crippen LogP contribution in [0.5, 0.6) is 0 Å². The van der Waals surface area contributed by atoms with Crippen molar-refractivity contribution in [2.75, 3.05) is 19.7 Å². The van der Waals surface area contributed by atoms with E-state index in [1.807, 2.05) is 13.8 Å². The van der Waals surface area contributed by atoms with Crippen molar-refractivity contribution in [2.45, 2.75) is 58.0 Å². The van der Waals surface area contributed by atoms with Crippen LogP contribution in [0, 0.1) is 0 Å². The van der Waals surface area contributed by atoms with E-state index in [2.05, 4.69) is 11.8 Å². The largest absolute Gasteiger partial charge is 0.392 e. The fraction of sp³-hybridized carbons (Fsp3) is 1.00. The maximum Gasteiger partial charge on any atom is 0.0953 e. The molecule has 0 aromatic rings. The summed E-state index contributed by atoms with van der Waals surface area (Å²) in [6, 6.07) is 0.0960. The number of nitrogens with zero attached hydrogens (tertiary/aromatic N) is 1. The molecule has 2 unspecified atom stereocenters. The van der Waals surface area contributed by atoms with E-state index in [1.54, 1.807) is 0 Å². The van der Waals surface area contributed by atoms with Crippen molar-refractivity contribution in [3.63, 3.8) is 0 Å². The Bertz CT molecular complexity index is 201. The van der Waals surface area contributed by atoms with E-state index in [1.165, 1.54) is 0 Å². The van der Waals surface area contributed by atoms with Crippen molar-refractivity contribution < 1.29 is 14.9 Å². The van der Waals surface area contributed by atoms with Crippen molar-refractivity contribution in [1.29, 1.82) is 0 Å². The molecular formula is C12H25NO3. The number of hydrogen-bond acceptors (Lipinski definition) is 4. The molecule has 0 saturated carbocycles. The van der Waals surface area contributed by atoms with Crippen LogP contribution >= 0.6 is 0 Å². The predicted octanol–water partition coefficient (Wildman–Crippen LogP) is 0.617. The molecule has 0 spiro atoms. The molecular weight excluding hydrogens is 206 g/mol. The fourth-order valence-electron chi connectivity index (χ4n) is 2.46. The summed E-state index contributed by atoms with van der Waals surface area (Å²) >= 11 is 0. The van der Waals surface area contributed by atoms with E-state index >= 15 is 0 Å². The Morgan fingerprint density at radius 1 is 1.44 bits per heavy atom. The molecule has 0 aromatic heterocycles. The van der Waals surface area contributed by atoms with E-state index in [-0.39, 0.29) is 18.2 Å². The number of β-amino-alcohol motifs (C(OH)–C–C–N with tert-alkyl or cyclic N) is 1. The summed E-state index contributed by atoms with van der Waals surface area (Å²) in [4.78, 5) is 2.17. The van der Waals surface area contributed by atoms with Gasteiger partial charge in [0, 0.05) is 25.7 Å². The zero-order valence-electron chi connectivity index (χ0n) is 10.6. The fourth-order valence-corrected chi connectivity index (χ4v) is 2.46. The minimum Gasteiger partial charge on any atom is -0.392 e. The molecule has 4 atom stereocenters. The quantitative estimate of drug-likeness (QED) is 0.703. The van der Waals surface area contributed by atoms with Gasteiger partial charge in [0.15, 0.2) is 0 Å². The lowest BCUT2D eigenvalue weighted by atomic mass is 10.0. The second-order valence-corrected chi connectivity index (χ2v) is 4.56. The Morgan fingerprint density at radius 3 is 2.56 bits per heavy atom. The zero-order valence-corrected chi connectivity index (χ0v) is 10.6. The highest BCUT2D eigenvalue weighted by Gasteiger charge is 2.33. The van der Waals surface area contributed by atoms with Gasteiger partial charge in [-0.2, -0.15) is 0 Å². The molecule has 96 valence electrons. The first-order valence-electron chi connectivity index (χ1n) is 6.31. The number of rotatable bonds is 6. The Balaban J connectivity index is 2.52. The van der Waals surface area contributed by atoms with Gasteiger partial charge in [-0.05, 0) is 26.7 Å². The average Bonchev–Trinajstić information content (AvgIpc) is 2.66. The van der Waals surface area contributed by atoms with Gasteiger partial charge >= 0.3 is 0 Å². The van der Waals surface area contributed by atoms with E-state index in [9.17, 15) is 10.2 Å². The van der Waals surface area contributed by atoms with Crippen LogP contribution in [0.1, 0.15) is 33.6 Å². The number of aliphatic hydroxyl groups is 2. The first-order chi connectivity index (χ1) is 7.60. The van der Waals surface area contributed by atoms with E-state index in [4.69, 9.17) is 4.74 Å². The molecule has 1 rings (SSSR count). The standard InChI is InChI=1S/C12H25NO3/c1-4-11(12(15)9(3)16-5-2)13-7-6-10(14)8-13/h9-12,14-15H,4-8H2,1-3H3/t9-,10+,11?,12?/m0/s1. The van der Waals surface area contributed by atoms with Gasteiger partial charge in [-0.1, -0.05) is 6.92 Å². The van der Waals surface area contributed by atoms with Crippen LogP contribution < -0.4 is 0 Å². The van der Waals surface area contributed by atoms with Crippen LogP contribution in [-0.4, -0.2) is 59.2 Å². The van der Waals surface area contributed by atoms with Gasteiger partial charge in [0.2, 0.25) is 0 Å². The monoisotopic (exact) mass is 231 g/mol. The minimum atomic E-state index is -0.477. The van der Waals surface area contributed by atoms with Gasteiger partial charge in [0.1, 0.15) is 0 Å². The molecule has 4 heteroatoms. The number of likely N-dealkylation sites (tertiary alicyclic amines) is 1. The highest BCUT2D eigenvalue weighted by molar-refractivity contribution is 4.87. The first-order valence-corrected chi connectivity index (χ1v) is 6.31.